The summed E-state index contributed by atoms with van der Waals surface area (Å²) in [7, 11) is 14.6. The average Bonchev–Trinajstić information content (AvgIpc) is 0.762. The van der Waals surface area contributed by atoms with Crippen LogP contribution in [0.2, 0.25) is 0 Å². The van der Waals surface area contributed by atoms with Crippen molar-refractivity contribution in [2.75, 3.05) is 64.0 Å². The zero-order valence-corrected chi connectivity index (χ0v) is 61.8. The third-order valence-corrected chi connectivity index (χ3v) is 19.9. The SMILES string of the molecule is COc1ccc(C2(C)OCc3cc(OC)ccc3C2OC)cc1.COc1ccc(C2OCc3c(ccc(OC)c3OC)C2O)cc1.COc1ccc2c(c1)C(O)C(c1ccccc1)OC2.COc1ccc2c(c1OC)C(C)OC(c1ccc(O)cc1)C2O.Cc1ccc2c(c1)C(O)C(c1ccccc1)OC2. The van der Waals surface area contributed by atoms with Crippen molar-refractivity contribution in [3.8, 4) is 51.7 Å². The minimum Gasteiger partial charge on any atom is -0.508 e. The van der Waals surface area contributed by atoms with Crippen LogP contribution >= 0.6 is 0 Å². The second-order valence-corrected chi connectivity index (χ2v) is 26.1. The normalized spacial score (nSPS) is 22.1. The Morgan fingerprint density at radius 2 is 0.821 bits per heavy atom. The maximum Gasteiger partial charge on any atom is 0.166 e. The second-order valence-electron chi connectivity index (χ2n) is 26.1. The summed E-state index contributed by atoms with van der Waals surface area (Å²) in [4.78, 5) is 0. The monoisotopic (exact) mass is 1440 g/mol. The Balaban J connectivity index is 0.000000133. The first kappa shape index (κ1) is 77.1. The maximum atomic E-state index is 10.8. The van der Waals surface area contributed by atoms with Crippen LogP contribution in [0, 0.1) is 6.92 Å². The Labute approximate surface area is 619 Å². The number of phenols is 1. The first-order valence-corrected chi connectivity index (χ1v) is 34.9. The highest BCUT2D eigenvalue weighted by atomic mass is 16.6. The van der Waals surface area contributed by atoms with Gasteiger partial charge in [0.15, 0.2) is 23.0 Å². The molecular weight excluding hydrogens is 1350 g/mol. The minimum atomic E-state index is -0.828. The fourth-order valence-electron chi connectivity index (χ4n) is 14.2. The van der Waals surface area contributed by atoms with E-state index in [9.17, 15) is 25.5 Å². The first-order chi connectivity index (χ1) is 51.4. The van der Waals surface area contributed by atoms with Gasteiger partial charge in [-0.15, -0.1) is 0 Å². The molecular formula is C87H94O19. The summed E-state index contributed by atoms with van der Waals surface area (Å²) in [5.74, 6) is 5.79. The van der Waals surface area contributed by atoms with Gasteiger partial charge in [-0.25, -0.2) is 0 Å². The van der Waals surface area contributed by atoms with Crippen LogP contribution in [0.25, 0.3) is 0 Å². The predicted molar refractivity (Wildman–Crippen MR) is 400 cm³/mol. The van der Waals surface area contributed by atoms with Gasteiger partial charge in [0, 0.05) is 18.2 Å². The standard InChI is InChI=1S/C19H22O4.2C18H20O5.C16H16O3.C16H16O2/c1-19(14-5-7-15(20-2)8-6-14)18(22-4)17-10-9-16(21-3)11-13(17)12-23-19;1-20-12-6-4-11(5-7-12)17-16(19)13-8-9-15(21-2)18(22-3)14(13)10-23-17;1-10-15-13(8-9-14(21-2)18(15)22-3)16(20)17(23-10)11-4-6-12(19)7-5-11;1-18-13-8-7-12-10-19-16(15(17)14(12)9-13)11-5-3-2-4-6-11;1-11-7-8-13-10-18-16(15(17)14(13)9-11)12-5-3-2-4-6-12/h5-11,18H,12H2,1-4H3;4-9,16-17,19H,10H2,1-3H3;4-10,16-17,19-20H,1-3H3;2-9,15-17H,10H2,1H3;2-9,15-17H,10H2,1H3. The van der Waals surface area contributed by atoms with Crippen molar-refractivity contribution in [2.45, 2.75) is 114 Å². The minimum absolute atomic E-state index is 0.180. The molecule has 10 aromatic rings. The van der Waals surface area contributed by atoms with Gasteiger partial charge in [0.2, 0.25) is 0 Å². The fourth-order valence-corrected chi connectivity index (χ4v) is 14.2. The molecule has 0 aliphatic carbocycles. The van der Waals surface area contributed by atoms with E-state index in [0.717, 1.165) is 106 Å². The first-order valence-electron chi connectivity index (χ1n) is 34.9. The molecule has 19 heteroatoms. The lowest BCUT2D eigenvalue weighted by Gasteiger charge is -2.42. The lowest BCUT2D eigenvalue weighted by Crippen LogP contribution is -2.38. The van der Waals surface area contributed by atoms with Crippen LogP contribution < -0.4 is 37.9 Å². The molecule has 0 amide bonds. The van der Waals surface area contributed by atoms with Crippen molar-refractivity contribution >= 4 is 0 Å². The molecule has 5 aliphatic heterocycles. The molecule has 106 heavy (non-hydrogen) atoms. The number of hydrogen-bond donors (Lipinski definition) is 5. The third kappa shape index (κ3) is 16.8. The van der Waals surface area contributed by atoms with Crippen LogP contribution in [-0.2, 0) is 60.4 Å². The van der Waals surface area contributed by atoms with E-state index in [1.807, 2.05) is 172 Å². The molecule has 556 valence electrons. The number of benzene rings is 10. The molecule has 0 bridgehead atoms. The molecule has 11 unspecified atom stereocenters. The van der Waals surface area contributed by atoms with E-state index in [1.165, 1.54) is 5.56 Å². The Hall–Kier alpha value is -10.0. The van der Waals surface area contributed by atoms with Crippen LogP contribution in [-0.4, -0.2) is 89.5 Å². The van der Waals surface area contributed by atoms with Crippen LogP contribution in [0.15, 0.2) is 212 Å². The van der Waals surface area contributed by atoms with Gasteiger partial charge in [0.1, 0.15) is 89.3 Å². The molecule has 19 nitrogen and oxygen atoms in total. The van der Waals surface area contributed by atoms with Gasteiger partial charge >= 0.3 is 0 Å². The van der Waals surface area contributed by atoms with Crippen molar-refractivity contribution in [1.82, 2.24) is 0 Å². The van der Waals surface area contributed by atoms with Crippen LogP contribution in [0.4, 0.5) is 0 Å². The number of ether oxygens (including phenoxy) is 14. The van der Waals surface area contributed by atoms with E-state index in [1.54, 1.807) is 100 Å². The number of methoxy groups -OCH3 is 9. The summed E-state index contributed by atoms with van der Waals surface area (Å²) in [6.45, 7) is 7.97. The van der Waals surface area contributed by atoms with Gasteiger partial charge in [0.05, 0.1) is 89.4 Å². The Morgan fingerprint density at radius 3 is 1.37 bits per heavy atom. The van der Waals surface area contributed by atoms with E-state index in [2.05, 4.69) is 25.1 Å². The fraction of sp³-hybridized carbons (Fsp3) is 0.310. The number of aryl methyl sites for hydroxylation is 1. The summed E-state index contributed by atoms with van der Waals surface area (Å²) >= 11 is 0. The zero-order valence-electron chi connectivity index (χ0n) is 61.8. The van der Waals surface area contributed by atoms with Crippen molar-refractivity contribution in [3.63, 3.8) is 0 Å². The van der Waals surface area contributed by atoms with Gasteiger partial charge in [-0.3, -0.25) is 0 Å². The van der Waals surface area contributed by atoms with E-state index in [0.29, 0.717) is 49.4 Å². The summed E-state index contributed by atoms with van der Waals surface area (Å²) in [5.41, 5.74) is 14.8. The van der Waals surface area contributed by atoms with Gasteiger partial charge < -0.3 is 91.8 Å². The van der Waals surface area contributed by atoms with Gasteiger partial charge in [0.25, 0.3) is 0 Å². The lowest BCUT2D eigenvalue weighted by molar-refractivity contribution is -0.155. The lowest BCUT2D eigenvalue weighted by atomic mass is 9.82. The molecule has 0 radical (unpaired) electrons. The molecule has 0 fully saturated rings. The number of hydrogen-bond acceptors (Lipinski definition) is 19. The number of aromatic hydroxyl groups is 1. The summed E-state index contributed by atoms with van der Waals surface area (Å²) in [5, 5.41) is 51.9. The molecule has 0 saturated carbocycles. The molecule has 5 heterocycles. The highest BCUT2D eigenvalue weighted by Gasteiger charge is 2.44. The number of fused-ring (bicyclic) bond motifs is 5. The van der Waals surface area contributed by atoms with E-state index in [-0.39, 0.29) is 30.2 Å². The van der Waals surface area contributed by atoms with Crippen LogP contribution in [0.5, 0.6) is 51.7 Å². The number of rotatable bonds is 14. The van der Waals surface area contributed by atoms with E-state index in [4.69, 9.17) is 66.3 Å². The molecule has 11 atom stereocenters. The summed E-state index contributed by atoms with van der Waals surface area (Å²) < 4.78 is 78.0. The summed E-state index contributed by atoms with van der Waals surface area (Å²) in [6, 6.07) is 67.0. The summed E-state index contributed by atoms with van der Waals surface area (Å²) in [6.07, 6.45) is -4.82. The van der Waals surface area contributed by atoms with Gasteiger partial charge in [-0.1, -0.05) is 145 Å². The van der Waals surface area contributed by atoms with Crippen molar-refractivity contribution in [2.24, 2.45) is 0 Å². The maximum absolute atomic E-state index is 10.8. The largest absolute Gasteiger partial charge is 0.508 e. The Kier molecular flexibility index (Phi) is 25.7. The predicted octanol–water partition coefficient (Wildman–Crippen LogP) is 16.4. The smallest absolute Gasteiger partial charge is 0.166 e. The molecule has 5 aliphatic rings. The molecule has 5 N–H and O–H groups in total. The highest BCUT2D eigenvalue weighted by molar-refractivity contribution is 5.55. The molecule has 15 rings (SSSR count). The second kappa shape index (κ2) is 35.4. The molecule has 10 aromatic carbocycles. The van der Waals surface area contributed by atoms with Gasteiger partial charge in [-0.2, -0.15) is 0 Å². The van der Waals surface area contributed by atoms with Crippen molar-refractivity contribution < 1.29 is 91.8 Å². The highest BCUT2D eigenvalue weighted by Crippen LogP contribution is 2.52. The third-order valence-electron chi connectivity index (χ3n) is 19.9. The molecule has 0 aromatic heterocycles. The Bertz CT molecular complexity index is 4500. The average molecular weight is 1440 g/mol. The van der Waals surface area contributed by atoms with E-state index >= 15 is 0 Å². The number of aliphatic hydroxyl groups excluding tert-OH is 4. The Morgan fingerprint density at radius 1 is 0.377 bits per heavy atom. The number of aliphatic hydroxyl groups is 4. The number of phenolic OH excluding ortho intramolecular Hbond substituents is 1. The van der Waals surface area contributed by atoms with Crippen molar-refractivity contribution in [3.05, 3.63) is 301 Å². The molecule has 0 spiro atoms. The van der Waals surface area contributed by atoms with Gasteiger partial charge in [-0.05, 0) is 166 Å². The quantitative estimate of drug-likeness (QED) is 0.0681. The van der Waals surface area contributed by atoms with E-state index < -0.39 is 42.2 Å². The van der Waals surface area contributed by atoms with Crippen molar-refractivity contribution in [1.29, 1.82) is 0 Å². The topological polar surface area (TPSA) is 230 Å². The zero-order chi connectivity index (χ0) is 75.2. The van der Waals surface area contributed by atoms with Crippen LogP contribution in [0.3, 0.4) is 0 Å². The van der Waals surface area contributed by atoms with Crippen LogP contribution in [0.1, 0.15) is 164 Å². The molecule has 0 saturated heterocycles.